The number of nitrogens with zero attached hydrogens (tertiary/aromatic N) is 4. The molecule has 0 amide bonds. The molecule has 2 aromatic carbocycles. The van der Waals surface area contributed by atoms with Crippen molar-refractivity contribution in [3.8, 4) is 5.69 Å². The number of halogens is 1. The Morgan fingerprint density at radius 3 is 2.33 bits per heavy atom. The molecule has 5 nitrogen and oxygen atoms in total. The average Bonchev–Trinajstić information content (AvgIpc) is 3.48. The molecule has 0 aliphatic carbocycles. The highest BCUT2D eigenvalue weighted by Gasteiger charge is 2.42. The predicted octanol–water partition coefficient (Wildman–Crippen LogP) is 7.49. The molecule has 200 valence electrons. The normalized spacial score (nSPS) is 23.2. The monoisotopic (exact) mass is 555 g/mol. The molecular formula is C32H34ClN5S. The molecule has 4 aromatic rings. The molecule has 0 bridgehead atoms. The first kappa shape index (κ1) is 25.9. The zero-order valence-corrected chi connectivity index (χ0v) is 24.2. The van der Waals surface area contributed by atoms with Gasteiger partial charge >= 0.3 is 0 Å². The zero-order valence-electron chi connectivity index (χ0n) is 22.6. The van der Waals surface area contributed by atoms with Gasteiger partial charge in [0.25, 0.3) is 0 Å². The van der Waals surface area contributed by atoms with Crippen molar-refractivity contribution >= 4 is 40.3 Å². The third-order valence-corrected chi connectivity index (χ3v) is 8.56. The van der Waals surface area contributed by atoms with Gasteiger partial charge in [0.05, 0.1) is 22.4 Å². The lowest BCUT2D eigenvalue weighted by atomic mass is 9.91. The van der Waals surface area contributed by atoms with E-state index in [0.717, 1.165) is 52.3 Å². The van der Waals surface area contributed by atoms with Gasteiger partial charge in [-0.25, -0.2) is 0 Å². The van der Waals surface area contributed by atoms with Crippen molar-refractivity contribution in [1.29, 1.82) is 0 Å². The molecule has 4 atom stereocenters. The van der Waals surface area contributed by atoms with Crippen LogP contribution in [0.3, 0.4) is 0 Å². The third kappa shape index (κ3) is 4.92. The standard InChI is InChI=1S/C32H34ClN5S/c1-21-17-22(2)20-36(19-21)28-15-13-25(18-26(28)33)38-31(30(35-32(38)39)27-11-7-8-16-34-27)29-14-12-23(3)37(29)24-9-5-4-6-10-24/h4-16,18,21-22,30-31H,17,19-20H2,1-3H3,(H,35,39). The number of anilines is 2. The van der Waals surface area contributed by atoms with E-state index in [0.29, 0.717) is 16.9 Å². The third-order valence-electron chi connectivity index (χ3n) is 7.94. The lowest BCUT2D eigenvalue weighted by Gasteiger charge is -2.37. The fourth-order valence-corrected chi connectivity index (χ4v) is 7.05. The summed E-state index contributed by atoms with van der Waals surface area (Å²) in [6.45, 7) is 8.85. The molecular weight excluding hydrogens is 522 g/mol. The Bertz CT molecular complexity index is 1460. The first-order chi connectivity index (χ1) is 18.9. The number of hydrogen-bond donors (Lipinski definition) is 1. The van der Waals surface area contributed by atoms with Crippen LogP contribution >= 0.6 is 23.8 Å². The largest absolute Gasteiger partial charge is 0.370 e. The maximum atomic E-state index is 7.01. The van der Waals surface area contributed by atoms with E-state index in [1.165, 1.54) is 6.42 Å². The molecule has 0 spiro atoms. The summed E-state index contributed by atoms with van der Waals surface area (Å²) < 4.78 is 2.32. The van der Waals surface area contributed by atoms with Crippen LogP contribution in [0.4, 0.5) is 11.4 Å². The molecule has 6 rings (SSSR count). The number of benzene rings is 2. The Morgan fingerprint density at radius 1 is 0.897 bits per heavy atom. The maximum absolute atomic E-state index is 7.01. The fourth-order valence-electron chi connectivity index (χ4n) is 6.41. The van der Waals surface area contributed by atoms with Crippen LogP contribution in [0.2, 0.25) is 5.02 Å². The van der Waals surface area contributed by atoms with Crippen molar-refractivity contribution in [2.24, 2.45) is 11.8 Å². The Balaban J connectivity index is 1.44. The Hall–Kier alpha value is -3.35. The van der Waals surface area contributed by atoms with E-state index in [4.69, 9.17) is 28.8 Å². The molecule has 2 aliphatic heterocycles. The van der Waals surface area contributed by atoms with E-state index in [-0.39, 0.29) is 12.1 Å². The number of hydrogen-bond acceptors (Lipinski definition) is 3. The second-order valence-electron chi connectivity index (χ2n) is 11.1. The number of rotatable bonds is 5. The van der Waals surface area contributed by atoms with Crippen LogP contribution in [0, 0.1) is 18.8 Å². The number of piperidine rings is 1. The van der Waals surface area contributed by atoms with E-state index >= 15 is 0 Å². The Morgan fingerprint density at radius 2 is 1.64 bits per heavy atom. The molecule has 4 heterocycles. The molecule has 2 aromatic heterocycles. The minimum Gasteiger partial charge on any atom is -0.370 e. The highest BCUT2D eigenvalue weighted by atomic mass is 35.5. The van der Waals surface area contributed by atoms with Gasteiger partial charge < -0.3 is 19.7 Å². The Kier molecular flexibility index (Phi) is 7.08. The summed E-state index contributed by atoms with van der Waals surface area (Å²) >= 11 is 13.0. The van der Waals surface area contributed by atoms with Gasteiger partial charge in [-0.2, -0.15) is 0 Å². The van der Waals surface area contributed by atoms with Crippen molar-refractivity contribution in [2.45, 2.75) is 39.3 Å². The number of aromatic nitrogens is 2. The second kappa shape index (κ2) is 10.7. The van der Waals surface area contributed by atoms with E-state index in [1.807, 2.05) is 24.4 Å². The van der Waals surface area contributed by atoms with Crippen molar-refractivity contribution in [3.05, 3.63) is 107 Å². The molecule has 2 fully saturated rings. The molecule has 2 saturated heterocycles. The van der Waals surface area contributed by atoms with Crippen LogP contribution in [0.1, 0.15) is 49.4 Å². The fraction of sp³-hybridized carbons (Fsp3) is 0.312. The number of nitrogens with one attached hydrogen (secondary N) is 1. The van der Waals surface area contributed by atoms with Crippen LogP contribution in [0.25, 0.3) is 5.69 Å². The van der Waals surface area contributed by atoms with Crippen molar-refractivity contribution in [3.63, 3.8) is 0 Å². The minimum atomic E-state index is -0.127. The van der Waals surface area contributed by atoms with Gasteiger partial charge in [0, 0.05) is 42.0 Å². The van der Waals surface area contributed by atoms with Crippen molar-refractivity contribution < 1.29 is 0 Å². The molecule has 39 heavy (non-hydrogen) atoms. The van der Waals surface area contributed by atoms with Gasteiger partial charge in [0.2, 0.25) is 0 Å². The van der Waals surface area contributed by atoms with Gasteiger partial charge in [0.1, 0.15) is 6.04 Å². The minimum absolute atomic E-state index is 0.127. The van der Waals surface area contributed by atoms with Crippen molar-refractivity contribution in [1.82, 2.24) is 14.9 Å². The molecule has 0 radical (unpaired) electrons. The first-order valence-corrected chi connectivity index (χ1v) is 14.5. The first-order valence-electron chi connectivity index (χ1n) is 13.7. The van der Waals surface area contributed by atoms with Crippen LogP contribution < -0.4 is 15.1 Å². The van der Waals surface area contributed by atoms with Crippen LogP contribution in [-0.4, -0.2) is 27.8 Å². The Labute approximate surface area is 241 Å². The van der Waals surface area contributed by atoms with Gasteiger partial charge in [-0.05, 0) is 92.0 Å². The van der Waals surface area contributed by atoms with E-state index < -0.39 is 0 Å². The molecule has 1 N–H and O–H groups in total. The average molecular weight is 556 g/mol. The van der Waals surface area contributed by atoms with E-state index in [2.05, 4.69) is 101 Å². The van der Waals surface area contributed by atoms with E-state index in [1.54, 1.807) is 0 Å². The quantitative estimate of drug-likeness (QED) is 0.258. The predicted molar refractivity (Wildman–Crippen MR) is 165 cm³/mol. The number of aryl methyl sites for hydroxylation is 1. The van der Waals surface area contributed by atoms with Crippen LogP contribution in [0.15, 0.2) is 85.1 Å². The molecule has 0 saturated carbocycles. The number of pyridine rings is 1. The summed E-state index contributed by atoms with van der Waals surface area (Å²) in [5, 5.41) is 5.01. The van der Waals surface area contributed by atoms with Crippen LogP contribution in [0.5, 0.6) is 0 Å². The smallest absolute Gasteiger partial charge is 0.174 e. The summed E-state index contributed by atoms with van der Waals surface area (Å²) in [5.74, 6) is 1.30. The lowest BCUT2D eigenvalue weighted by molar-refractivity contribution is 0.357. The SMILES string of the molecule is Cc1ccc(C2C(c3ccccn3)NC(=S)N2c2ccc(N3CC(C)CC(C)C3)c(Cl)c2)n1-c1ccccc1. The van der Waals surface area contributed by atoms with Gasteiger partial charge in [-0.15, -0.1) is 0 Å². The van der Waals surface area contributed by atoms with E-state index in [9.17, 15) is 0 Å². The highest BCUT2D eigenvalue weighted by Crippen LogP contribution is 2.44. The lowest BCUT2D eigenvalue weighted by Crippen LogP contribution is -2.38. The second-order valence-corrected chi connectivity index (χ2v) is 11.8. The summed E-state index contributed by atoms with van der Waals surface area (Å²) in [4.78, 5) is 9.37. The molecule has 7 heteroatoms. The van der Waals surface area contributed by atoms with Gasteiger partial charge in [-0.1, -0.05) is 49.7 Å². The summed E-state index contributed by atoms with van der Waals surface area (Å²) in [5.41, 5.74) is 6.44. The van der Waals surface area contributed by atoms with Gasteiger partial charge in [0.15, 0.2) is 5.11 Å². The van der Waals surface area contributed by atoms with Gasteiger partial charge in [-0.3, -0.25) is 4.98 Å². The number of para-hydroxylation sites is 1. The van der Waals surface area contributed by atoms with Crippen molar-refractivity contribution in [2.75, 3.05) is 22.9 Å². The molecule has 4 unspecified atom stereocenters. The summed E-state index contributed by atoms with van der Waals surface area (Å²) in [7, 11) is 0. The van der Waals surface area contributed by atoms with Crippen LogP contribution in [-0.2, 0) is 0 Å². The maximum Gasteiger partial charge on any atom is 0.174 e. The highest BCUT2D eigenvalue weighted by molar-refractivity contribution is 7.80. The number of thiocarbonyl (C=S) groups is 1. The molecule has 2 aliphatic rings. The zero-order chi connectivity index (χ0) is 27.1. The topological polar surface area (TPSA) is 36.3 Å². The summed E-state index contributed by atoms with van der Waals surface area (Å²) in [6.07, 6.45) is 3.10. The summed E-state index contributed by atoms with van der Waals surface area (Å²) in [6, 6.07) is 27.0.